The molecule has 2 N–H and O–H groups in total. The van der Waals surface area contributed by atoms with Gasteiger partial charge in [-0.2, -0.15) is 0 Å². The van der Waals surface area contributed by atoms with E-state index in [1.54, 1.807) is 18.5 Å². The topological polar surface area (TPSA) is 88.8 Å². The number of aliphatic hydroxyl groups excluding tert-OH is 1. The quantitative estimate of drug-likeness (QED) is 0.478. The van der Waals surface area contributed by atoms with Crippen molar-refractivity contribution in [2.45, 2.75) is 19.4 Å². The fraction of sp³-hybridized carbons (Fsp3) is 0.208. The molecular formula is C24H22N4O3. The van der Waals surface area contributed by atoms with Crippen LogP contribution in [0.4, 0.5) is 5.69 Å². The van der Waals surface area contributed by atoms with Crippen LogP contribution in [-0.2, 0) is 6.61 Å². The van der Waals surface area contributed by atoms with E-state index < -0.39 is 0 Å². The summed E-state index contributed by atoms with van der Waals surface area (Å²) in [4.78, 5) is 22.0. The number of amides is 1. The first-order valence-corrected chi connectivity index (χ1v) is 10.3. The lowest BCUT2D eigenvalue weighted by Gasteiger charge is -2.12. The zero-order chi connectivity index (χ0) is 21.2. The highest BCUT2D eigenvalue weighted by Crippen LogP contribution is 2.31. The number of nitrogens with zero attached hydrogens (tertiary/aromatic N) is 3. The fourth-order valence-electron chi connectivity index (χ4n) is 3.40. The molecule has 156 valence electrons. The summed E-state index contributed by atoms with van der Waals surface area (Å²) in [5, 5.41) is 12.4. The van der Waals surface area contributed by atoms with Crippen LogP contribution in [0.15, 0.2) is 67.1 Å². The normalized spacial score (nSPS) is 13.3. The van der Waals surface area contributed by atoms with Gasteiger partial charge in [-0.1, -0.05) is 24.3 Å². The van der Waals surface area contributed by atoms with E-state index in [1.165, 1.54) is 0 Å². The predicted octanol–water partition coefficient (Wildman–Crippen LogP) is 3.93. The summed E-state index contributed by atoms with van der Waals surface area (Å²) in [6, 6.07) is 14.8. The number of carbonyl (C=O) groups is 1. The number of benzene rings is 1. The van der Waals surface area contributed by atoms with Crippen LogP contribution in [0.25, 0.3) is 16.9 Å². The summed E-state index contributed by atoms with van der Waals surface area (Å²) in [5.74, 6) is 0.590. The van der Waals surface area contributed by atoms with Gasteiger partial charge in [0.15, 0.2) is 0 Å². The first-order chi connectivity index (χ1) is 15.2. The summed E-state index contributed by atoms with van der Waals surface area (Å²) in [6.45, 7) is 0.498. The van der Waals surface area contributed by atoms with Gasteiger partial charge < -0.3 is 15.2 Å². The first kappa shape index (κ1) is 19.3. The Morgan fingerprint density at radius 2 is 1.97 bits per heavy atom. The number of ether oxygens (including phenoxy) is 1. The van der Waals surface area contributed by atoms with Crippen LogP contribution in [0.1, 0.15) is 28.8 Å². The van der Waals surface area contributed by atoms with Gasteiger partial charge in [0.2, 0.25) is 5.88 Å². The molecule has 5 rings (SSSR count). The maximum absolute atomic E-state index is 13.1. The smallest absolute Gasteiger partial charge is 0.261 e. The molecule has 1 aromatic carbocycles. The van der Waals surface area contributed by atoms with Crippen LogP contribution in [0.2, 0.25) is 0 Å². The SMILES string of the molecule is O=C(Nc1ccccc1)c1cc(-c2cnc3ccc(CO)cn23)cnc1OCC1CC1. The second-order valence-electron chi connectivity index (χ2n) is 7.72. The van der Waals surface area contributed by atoms with Crippen molar-refractivity contribution >= 4 is 17.2 Å². The Kier molecular flexibility index (Phi) is 5.09. The molecule has 1 amide bonds. The van der Waals surface area contributed by atoms with Crippen molar-refractivity contribution < 1.29 is 14.6 Å². The monoisotopic (exact) mass is 414 g/mol. The Morgan fingerprint density at radius 1 is 1.13 bits per heavy atom. The number of carbonyl (C=O) groups excluding carboxylic acids is 1. The van der Waals surface area contributed by atoms with Crippen molar-refractivity contribution in [3.05, 3.63) is 78.2 Å². The zero-order valence-corrected chi connectivity index (χ0v) is 16.9. The number of nitrogens with one attached hydrogen (secondary N) is 1. The number of pyridine rings is 2. The Bertz CT molecular complexity index is 1230. The van der Waals surface area contributed by atoms with Gasteiger partial charge in [0.05, 0.1) is 25.1 Å². The molecular weight excluding hydrogens is 392 g/mol. The molecule has 31 heavy (non-hydrogen) atoms. The third-order valence-corrected chi connectivity index (χ3v) is 5.33. The molecule has 1 aliphatic carbocycles. The number of aromatic nitrogens is 3. The molecule has 7 nitrogen and oxygen atoms in total. The zero-order valence-electron chi connectivity index (χ0n) is 16.9. The molecule has 0 spiro atoms. The average Bonchev–Trinajstić information content (AvgIpc) is 3.55. The van der Waals surface area contributed by atoms with Gasteiger partial charge in [-0.25, -0.2) is 9.97 Å². The lowest BCUT2D eigenvalue weighted by atomic mass is 10.1. The van der Waals surface area contributed by atoms with Gasteiger partial charge >= 0.3 is 0 Å². The highest BCUT2D eigenvalue weighted by atomic mass is 16.5. The number of fused-ring (bicyclic) bond motifs is 1. The number of aliphatic hydroxyl groups is 1. The van der Waals surface area contributed by atoms with Crippen molar-refractivity contribution in [2.75, 3.05) is 11.9 Å². The maximum Gasteiger partial charge on any atom is 0.261 e. The van der Waals surface area contributed by atoms with Gasteiger partial charge in [-0.05, 0) is 48.6 Å². The minimum Gasteiger partial charge on any atom is -0.477 e. The van der Waals surface area contributed by atoms with E-state index in [0.717, 1.165) is 35.3 Å². The number of imidazole rings is 1. The van der Waals surface area contributed by atoms with Crippen molar-refractivity contribution in [3.63, 3.8) is 0 Å². The fourth-order valence-corrected chi connectivity index (χ4v) is 3.40. The molecule has 0 atom stereocenters. The molecule has 0 radical (unpaired) electrons. The third kappa shape index (κ3) is 4.13. The first-order valence-electron chi connectivity index (χ1n) is 10.3. The Hall–Kier alpha value is -3.71. The molecule has 7 heteroatoms. The number of hydrogen-bond donors (Lipinski definition) is 2. The molecule has 4 aromatic rings. The Morgan fingerprint density at radius 3 is 2.74 bits per heavy atom. The van der Waals surface area contributed by atoms with Crippen molar-refractivity contribution in [1.29, 1.82) is 0 Å². The molecule has 0 bridgehead atoms. The van der Waals surface area contributed by atoms with Crippen molar-refractivity contribution in [1.82, 2.24) is 14.4 Å². The predicted molar refractivity (Wildman–Crippen MR) is 117 cm³/mol. The number of anilines is 1. The van der Waals surface area contributed by atoms with Gasteiger partial charge in [0.25, 0.3) is 5.91 Å². The van der Waals surface area contributed by atoms with E-state index in [-0.39, 0.29) is 12.5 Å². The Labute approximate surface area is 179 Å². The minimum atomic E-state index is -0.281. The van der Waals surface area contributed by atoms with E-state index in [4.69, 9.17) is 4.74 Å². The standard InChI is InChI=1S/C24H22N4O3/c29-14-17-8-9-22-25-12-21(28(22)13-17)18-10-20(23(30)27-19-4-2-1-3-5-19)24(26-11-18)31-15-16-6-7-16/h1-5,8-13,16,29H,6-7,14-15H2,(H,27,30). The highest BCUT2D eigenvalue weighted by Gasteiger charge is 2.24. The van der Waals surface area contributed by atoms with Crippen LogP contribution in [0, 0.1) is 5.92 Å². The average molecular weight is 414 g/mol. The van der Waals surface area contributed by atoms with Crippen molar-refractivity contribution in [2.24, 2.45) is 5.92 Å². The summed E-state index contributed by atoms with van der Waals surface area (Å²) in [5.41, 5.74) is 4.10. The van der Waals surface area contributed by atoms with Crippen LogP contribution in [0.3, 0.4) is 0 Å². The maximum atomic E-state index is 13.1. The highest BCUT2D eigenvalue weighted by molar-refractivity contribution is 6.06. The van der Waals surface area contributed by atoms with E-state index in [0.29, 0.717) is 29.7 Å². The van der Waals surface area contributed by atoms with Crippen LogP contribution < -0.4 is 10.1 Å². The van der Waals surface area contributed by atoms with Crippen LogP contribution in [-0.4, -0.2) is 32.0 Å². The lowest BCUT2D eigenvalue weighted by Crippen LogP contribution is -2.15. The summed E-state index contributed by atoms with van der Waals surface area (Å²) >= 11 is 0. The van der Waals surface area contributed by atoms with E-state index in [9.17, 15) is 9.90 Å². The molecule has 3 heterocycles. The minimum absolute atomic E-state index is 0.0650. The molecule has 0 saturated heterocycles. The molecule has 3 aromatic heterocycles. The summed E-state index contributed by atoms with van der Waals surface area (Å²) in [7, 11) is 0. The molecule has 1 fully saturated rings. The number of para-hydroxylation sites is 1. The molecule has 1 aliphatic rings. The van der Waals surface area contributed by atoms with E-state index >= 15 is 0 Å². The number of rotatable bonds is 7. The largest absolute Gasteiger partial charge is 0.477 e. The van der Waals surface area contributed by atoms with E-state index in [2.05, 4.69) is 15.3 Å². The molecule has 1 saturated carbocycles. The van der Waals surface area contributed by atoms with Gasteiger partial charge in [0.1, 0.15) is 11.2 Å². The second-order valence-corrected chi connectivity index (χ2v) is 7.72. The third-order valence-electron chi connectivity index (χ3n) is 5.33. The van der Waals surface area contributed by atoms with Gasteiger partial charge in [-0.3, -0.25) is 9.20 Å². The van der Waals surface area contributed by atoms with E-state index in [1.807, 2.05) is 53.1 Å². The van der Waals surface area contributed by atoms with Crippen molar-refractivity contribution in [3.8, 4) is 17.1 Å². The lowest BCUT2D eigenvalue weighted by molar-refractivity contribution is 0.102. The molecule has 0 aliphatic heterocycles. The second kappa shape index (κ2) is 8.20. The van der Waals surface area contributed by atoms with Crippen LogP contribution in [0.5, 0.6) is 5.88 Å². The number of hydrogen-bond acceptors (Lipinski definition) is 5. The summed E-state index contributed by atoms with van der Waals surface area (Å²) < 4.78 is 7.77. The molecule has 0 unspecified atom stereocenters. The van der Waals surface area contributed by atoms with Gasteiger partial charge in [0, 0.05) is 23.6 Å². The Balaban J connectivity index is 1.53. The summed E-state index contributed by atoms with van der Waals surface area (Å²) in [6.07, 6.45) is 7.56. The van der Waals surface area contributed by atoms with Gasteiger partial charge in [-0.15, -0.1) is 0 Å². The van der Waals surface area contributed by atoms with Crippen LogP contribution >= 0.6 is 0 Å².